The summed E-state index contributed by atoms with van der Waals surface area (Å²) in [7, 11) is 0. The van der Waals surface area contributed by atoms with Gasteiger partial charge in [0.15, 0.2) is 5.16 Å². The van der Waals surface area contributed by atoms with Crippen LogP contribution >= 0.6 is 11.8 Å². The third-order valence-electron chi connectivity index (χ3n) is 2.71. The molecule has 2 aromatic rings. The minimum atomic E-state index is -0.0511. The van der Waals surface area contributed by atoms with Crippen LogP contribution in [-0.4, -0.2) is 20.4 Å². The number of aliphatic hydroxyl groups excluding tert-OH is 1. The van der Waals surface area contributed by atoms with Gasteiger partial charge in [-0.25, -0.2) is 4.98 Å². The Kier molecular flexibility index (Phi) is 4.67. The molecular formula is C15H16N2OS. The van der Waals surface area contributed by atoms with Gasteiger partial charge in [0.2, 0.25) is 0 Å². The molecule has 1 aromatic heterocycles. The van der Waals surface area contributed by atoms with Crippen molar-refractivity contribution in [3.05, 3.63) is 47.3 Å². The molecular weight excluding hydrogens is 256 g/mol. The van der Waals surface area contributed by atoms with E-state index in [-0.39, 0.29) is 6.61 Å². The summed E-state index contributed by atoms with van der Waals surface area (Å²) in [5.41, 5.74) is 3.12. The number of nitrogens with zero attached hydrogens (tertiary/aromatic N) is 2. The van der Waals surface area contributed by atoms with Crippen LogP contribution in [0.15, 0.2) is 35.6 Å². The predicted octanol–water partition coefficient (Wildman–Crippen LogP) is 2.46. The molecule has 98 valence electrons. The molecule has 0 bridgehead atoms. The number of imidazole rings is 1. The summed E-state index contributed by atoms with van der Waals surface area (Å²) < 4.78 is 2.03. The summed E-state index contributed by atoms with van der Waals surface area (Å²) in [5.74, 6) is 3.17. The van der Waals surface area contributed by atoms with E-state index in [9.17, 15) is 5.11 Å². The average molecular weight is 272 g/mol. The molecule has 1 aromatic carbocycles. The maximum Gasteiger partial charge on any atom is 0.169 e. The summed E-state index contributed by atoms with van der Waals surface area (Å²) in [4.78, 5) is 4.36. The molecule has 0 spiro atoms. The first-order valence-corrected chi connectivity index (χ1v) is 7.00. The van der Waals surface area contributed by atoms with Crippen LogP contribution in [0.25, 0.3) is 0 Å². The second-order valence-electron chi connectivity index (χ2n) is 4.28. The number of rotatable bonds is 5. The summed E-state index contributed by atoms with van der Waals surface area (Å²) in [6.07, 6.45) is 7.15. The molecule has 0 aliphatic carbocycles. The Morgan fingerprint density at radius 3 is 2.74 bits per heavy atom. The zero-order valence-electron chi connectivity index (χ0n) is 10.8. The topological polar surface area (TPSA) is 38.1 Å². The van der Waals surface area contributed by atoms with Gasteiger partial charge in [0, 0.05) is 12.7 Å². The number of terminal acetylenes is 1. The Morgan fingerprint density at radius 1 is 1.37 bits per heavy atom. The van der Waals surface area contributed by atoms with Crippen molar-refractivity contribution >= 4 is 11.8 Å². The van der Waals surface area contributed by atoms with Gasteiger partial charge in [0.1, 0.15) is 0 Å². The molecule has 0 aliphatic rings. The van der Waals surface area contributed by atoms with Gasteiger partial charge in [0.25, 0.3) is 0 Å². The monoisotopic (exact) mass is 272 g/mol. The van der Waals surface area contributed by atoms with E-state index >= 15 is 0 Å². The lowest BCUT2D eigenvalue weighted by Crippen LogP contribution is -2.00. The van der Waals surface area contributed by atoms with Crippen molar-refractivity contribution in [2.24, 2.45) is 0 Å². The Morgan fingerprint density at radius 2 is 2.11 bits per heavy atom. The molecule has 4 heteroatoms. The van der Waals surface area contributed by atoms with Gasteiger partial charge in [-0.3, -0.25) is 0 Å². The average Bonchev–Trinajstić information content (AvgIpc) is 2.81. The first-order valence-electron chi connectivity index (χ1n) is 6.01. The molecule has 0 saturated heterocycles. The molecule has 2 rings (SSSR count). The van der Waals surface area contributed by atoms with Crippen LogP contribution in [0, 0.1) is 19.3 Å². The maximum atomic E-state index is 9.18. The lowest BCUT2D eigenvalue weighted by atomic mass is 10.1. The fraction of sp³-hybridized carbons (Fsp3) is 0.267. The van der Waals surface area contributed by atoms with Crippen molar-refractivity contribution in [2.45, 2.75) is 25.2 Å². The highest BCUT2D eigenvalue weighted by molar-refractivity contribution is 7.99. The van der Waals surface area contributed by atoms with E-state index in [1.54, 1.807) is 0 Å². The molecule has 3 nitrogen and oxygen atoms in total. The first kappa shape index (κ1) is 13.7. The highest BCUT2D eigenvalue weighted by atomic mass is 32.2. The molecule has 1 heterocycles. The highest BCUT2D eigenvalue weighted by Crippen LogP contribution is 2.19. The predicted molar refractivity (Wildman–Crippen MR) is 78.0 cm³/mol. The Bertz CT molecular complexity index is 581. The normalized spacial score (nSPS) is 10.4. The molecule has 0 saturated carbocycles. The van der Waals surface area contributed by atoms with Crippen LogP contribution in [0.1, 0.15) is 16.8 Å². The van der Waals surface area contributed by atoms with Crippen LogP contribution in [0.2, 0.25) is 0 Å². The minimum absolute atomic E-state index is 0.0511. The fourth-order valence-corrected chi connectivity index (χ4v) is 2.43. The van der Waals surface area contributed by atoms with Crippen LogP contribution < -0.4 is 0 Å². The molecule has 0 atom stereocenters. The summed E-state index contributed by atoms with van der Waals surface area (Å²) in [5, 5.41) is 10.0. The minimum Gasteiger partial charge on any atom is -0.390 e. The lowest BCUT2D eigenvalue weighted by molar-refractivity contribution is 0.277. The standard InChI is InChI=1S/C15H16N2OS/c1-3-8-19-15-16-14(11-18)10-17(15)9-13-6-4-12(2)5-7-13/h1,4-7,10,18H,8-9,11H2,2H3. The Hall–Kier alpha value is -1.70. The zero-order valence-corrected chi connectivity index (χ0v) is 11.7. The maximum absolute atomic E-state index is 9.18. The van der Waals surface area contributed by atoms with Crippen molar-refractivity contribution in [3.63, 3.8) is 0 Å². The number of benzene rings is 1. The van der Waals surface area contributed by atoms with E-state index in [1.807, 2.05) is 10.8 Å². The first-order chi connectivity index (χ1) is 9.22. The van der Waals surface area contributed by atoms with Gasteiger partial charge in [-0.2, -0.15) is 0 Å². The quantitative estimate of drug-likeness (QED) is 0.671. The highest BCUT2D eigenvalue weighted by Gasteiger charge is 2.08. The molecule has 1 N–H and O–H groups in total. The van der Waals surface area contributed by atoms with Gasteiger partial charge in [-0.1, -0.05) is 47.5 Å². The lowest BCUT2D eigenvalue weighted by Gasteiger charge is -2.06. The summed E-state index contributed by atoms with van der Waals surface area (Å²) in [6.45, 7) is 2.75. The number of hydrogen-bond donors (Lipinski definition) is 1. The van der Waals surface area contributed by atoms with Crippen LogP contribution in [0.4, 0.5) is 0 Å². The molecule has 0 amide bonds. The molecule has 0 unspecified atom stereocenters. The summed E-state index contributed by atoms with van der Waals surface area (Å²) >= 11 is 1.51. The number of aryl methyl sites for hydroxylation is 1. The molecule has 0 aliphatic heterocycles. The Labute approximate surface area is 117 Å². The third-order valence-corrected chi connectivity index (χ3v) is 3.60. The van der Waals surface area contributed by atoms with Crippen LogP contribution in [-0.2, 0) is 13.2 Å². The van der Waals surface area contributed by atoms with E-state index in [1.165, 1.54) is 22.9 Å². The second-order valence-corrected chi connectivity index (χ2v) is 5.22. The smallest absolute Gasteiger partial charge is 0.169 e. The van der Waals surface area contributed by atoms with Crippen molar-refractivity contribution < 1.29 is 5.11 Å². The van der Waals surface area contributed by atoms with E-state index in [0.717, 1.165) is 11.7 Å². The van der Waals surface area contributed by atoms with Gasteiger partial charge in [-0.05, 0) is 12.5 Å². The van der Waals surface area contributed by atoms with Gasteiger partial charge in [0.05, 0.1) is 18.1 Å². The van der Waals surface area contributed by atoms with E-state index in [0.29, 0.717) is 11.4 Å². The van der Waals surface area contributed by atoms with Gasteiger partial charge < -0.3 is 9.67 Å². The summed E-state index contributed by atoms with van der Waals surface area (Å²) in [6, 6.07) is 8.38. The van der Waals surface area contributed by atoms with E-state index < -0.39 is 0 Å². The SMILES string of the molecule is C#CCSc1nc(CO)cn1Cc1ccc(C)cc1. The number of aromatic nitrogens is 2. The van der Waals surface area contributed by atoms with Gasteiger partial charge in [-0.15, -0.1) is 6.42 Å². The van der Waals surface area contributed by atoms with E-state index in [2.05, 4.69) is 42.1 Å². The molecule has 0 fully saturated rings. The van der Waals surface area contributed by atoms with Crippen molar-refractivity contribution in [1.29, 1.82) is 0 Å². The van der Waals surface area contributed by atoms with E-state index in [4.69, 9.17) is 6.42 Å². The molecule has 0 radical (unpaired) electrons. The van der Waals surface area contributed by atoms with Crippen LogP contribution in [0.3, 0.4) is 0 Å². The number of thioether (sulfide) groups is 1. The number of hydrogen-bond acceptors (Lipinski definition) is 3. The fourth-order valence-electron chi connectivity index (χ4n) is 1.75. The largest absolute Gasteiger partial charge is 0.390 e. The van der Waals surface area contributed by atoms with Crippen molar-refractivity contribution in [1.82, 2.24) is 9.55 Å². The number of aliphatic hydroxyl groups is 1. The van der Waals surface area contributed by atoms with Crippen LogP contribution in [0.5, 0.6) is 0 Å². The molecule has 19 heavy (non-hydrogen) atoms. The Balaban J connectivity index is 2.20. The van der Waals surface area contributed by atoms with Crippen molar-refractivity contribution in [3.8, 4) is 12.3 Å². The zero-order chi connectivity index (χ0) is 13.7. The van der Waals surface area contributed by atoms with Crippen molar-refractivity contribution in [2.75, 3.05) is 5.75 Å². The van der Waals surface area contributed by atoms with Gasteiger partial charge >= 0.3 is 0 Å². The second kappa shape index (κ2) is 6.46. The third kappa shape index (κ3) is 3.63.